The second-order valence-electron chi connectivity index (χ2n) is 5.01. The summed E-state index contributed by atoms with van der Waals surface area (Å²) < 4.78 is 27.0. The number of nitrogens with zero attached hydrogens (tertiary/aromatic N) is 3. The molecule has 0 unspecified atom stereocenters. The molecule has 0 aliphatic rings. The van der Waals surface area contributed by atoms with Crippen LogP contribution in [0.3, 0.4) is 0 Å². The lowest BCUT2D eigenvalue weighted by Gasteiger charge is -2.10. The van der Waals surface area contributed by atoms with Crippen molar-refractivity contribution >= 4 is 39.2 Å². The Labute approximate surface area is 145 Å². The highest BCUT2D eigenvalue weighted by atomic mass is 79.9. The summed E-state index contributed by atoms with van der Waals surface area (Å²) in [7, 11) is 3.52. The van der Waals surface area contributed by atoms with Crippen LogP contribution < -0.4 is 5.32 Å². The Bertz CT molecular complexity index is 812. The molecule has 0 atom stereocenters. The van der Waals surface area contributed by atoms with E-state index in [2.05, 4.69) is 26.2 Å². The van der Waals surface area contributed by atoms with Crippen molar-refractivity contribution in [3.8, 4) is 0 Å². The van der Waals surface area contributed by atoms with Gasteiger partial charge in [0.25, 0.3) is 5.69 Å². The van der Waals surface area contributed by atoms with Gasteiger partial charge in [-0.15, -0.1) is 0 Å². The van der Waals surface area contributed by atoms with E-state index in [9.17, 15) is 18.9 Å². The van der Waals surface area contributed by atoms with Crippen LogP contribution in [-0.2, 0) is 0 Å². The largest absolute Gasteiger partial charge is 0.383 e. The summed E-state index contributed by atoms with van der Waals surface area (Å²) in [6.07, 6.45) is 3.07. The fraction of sp³-hybridized carbons (Fsp3) is 0.133. The number of pyridine rings is 1. The Kier molecular flexibility index (Phi) is 5.45. The number of nitro groups is 1. The highest BCUT2D eigenvalue weighted by molar-refractivity contribution is 9.10. The lowest BCUT2D eigenvalue weighted by molar-refractivity contribution is -0.385. The van der Waals surface area contributed by atoms with E-state index in [1.54, 1.807) is 25.2 Å². The van der Waals surface area contributed by atoms with Crippen LogP contribution in [0.5, 0.6) is 0 Å². The Hall–Kier alpha value is -2.55. The van der Waals surface area contributed by atoms with E-state index in [1.165, 1.54) is 18.2 Å². The van der Waals surface area contributed by atoms with Gasteiger partial charge in [0.2, 0.25) is 0 Å². The third kappa shape index (κ3) is 4.25. The Morgan fingerprint density at radius 1 is 1.33 bits per heavy atom. The van der Waals surface area contributed by atoms with E-state index in [1.807, 2.05) is 0 Å². The summed E-state index contributed by atoms with van der Waals surface area (Å²) in [6.45, 7) is 0. The number of nitrogens with one attached hydrogen (secondary N) is 1. The number of hydrogen-bond donors (Lipinski definition) is 1. The number of benzene rings is 1. The highest BCUT2D eigenvalue weighted by Gasteiger charge is 2.18. The minimum absolute atomic E-state index is 0.000919. The first-order valence-corrected chi connectivity index (χ1v) is 7.49. The zero-order valence-corrected chi connectivity index (χ0v) is 14.3. The second-order valence-corrected chi connectivity index (χ2v) is 5.86. The smallest absolute Gasteiger partial charge is 0.296 e. The number of rotatable bonds is 5. The van der Waals surface area contributed by atoms with E-state index >= 15 is 0 Å². The maximum Gasteiger partial charge on any atom is 0.296 e. The SMILES string of the molecule is CN(C)C=Cc1nc(Nc2ccc(F)cc2F)c(Br)cc1[N+](=O)[O-]. The maximum absolute atomic E-state index is 13.8. The molecule has 0 bridgehead atoms. The third-order valence-electron chi connectivity index (χ3n) is 2.90. The van der Waals surface area contributed by atoms with Gasteiger partial charge in [-0.05, 0) is 34.1 Å². The summed E-state index contributed by atoms with van der Waals surface area (Å²) in [5.41, 5.74) is -0.104. The first kappa shape index (κ1) is 17.8. The molecular formula is C15H13BrF2N4O2. The number of hydrogen-bond acceptors (Lipinski definition) is 5. The zero-order valence-electron chi connectivity index (χ0n) is 12.8. The van der Waals surface area contributed by atoms with Crippen LogP contribution in [0, 0.1) is 21.7 Å². The van der Waals surface area contributed by atoms with Crippen LogP contribution in [0.4, 0.5) is 26.0 Å². The average molecular weight is 399 g/mol. The van der Waals surface area contributed by atoms with E-state index in [0.29, 0.717) is 0 Å². The lowest BCUT2D eigenvalue weighted by Crippen LogP contribution is -2.04. The quantitative estimate of drug-likeness (QED) is 0.600. The topological polar surface area (TPSA) is 71.3 Å². The van der Waals surface area contributed by atoms with Crippen molar-refractivity contribution in [3.05, 3.63) is 62.4 Å². The summed E-state index contributed by atoms with van der Waals surface area (Å²) in [6, 6.07) is 4.31. The van der Waals surface area contributed by atoms with E-state index in [0.717, 1.165) is 12.1 Å². The van der Waals surface area contributed by atoms with E-state index in [4.69, 9.17) is 0 Å². The number of anilines is 2. The first-order chi connectivity index (χ1) is 11.3. The summed E-state index contributed by atoms with van der Waals surface area (Å²) in [5.74, 6) is -1.33. The normalized spacial score (nSPS) is 10.9. The molecule has 0 radical (unpaired) electrons. The molecule has 1 N–H and O–H groups in total. The molecule has 1 heterocycles. The van der Waals surface area contributed by atoms with Gasteiger partial charge in [0, 0.05) is 32.4 Å². The van der Waals surface area contributed by atoms with Gasteiger partial charge in [-0.1, -0.05) is 0 Å². The molecule has 0 aliphatic carbocycles. The maximum atomic E-state index is 13.8. The van der Waals surface area contributed by atoms with Gasteiger partial charge in [0.05, 0.1) is 15.1 Å². The predicted octanol–water partition coefficient (Wildman–Crippen LogP) is 4.31. The molecule has 2 rings (SSSR count). The molecule has 2 aromatic rings. The molecule has 24 heavy (non-hydrogen) atoms. The first-order valence-electron chi connectivity index (χ1n) is 6.69. The van der Waals surface area contributed by atoms with Crippen LogP contribution >= 0.6 is 15.9 Å². The van der Waals surface area contributed by atoms with Crippen molar-refractivity contribution in [2.45, 2.75) is 0 Å². The monoisotopic (exact) mass is 398 g/mol. The average Bonchev–Trinajstić information content (AvgIpc) is 2.49. The Morgan fingerprint density at radius 2 is 2.04 bits per heavy atom. The van der Waals surface area contributed by atoms with Gasteiger partial charge in [-0.25, -0.2) is 13.8 Å². The van der Waals surface area contributed by atoms with Crippen molar-refractivity contribution in [1.82, 2.24) is 9.88 Å². The summed E-state index contributed by atoms with van der Waals surface area (Å²) in [5, 5.41) is 13.8. The van der Waals surface area contributed by atoms with Crippen LogP contribution in [-0.4, -0.2) is 28.9 Å². The van der Waals surface area contributed by atoms with Crippen molar-refractivity contribution in [3.63, 3.8) is 0 Å². The van der Waals surface area contributed by atoms with Crippen molar-refractivity contribution in [2.24, 2.45) is 0 Å². The van der Waals surface area contributed by atoms with Crippen LogP contribution in [0.2, 0.25) is 0 Å². The van der Waals surface area contributed by atoms with Crippen molar-refractivity contribution in [2.75, 3.05) is 19.4 Å². The van der Waals surface area contributed by atoms with Gasteiger partial charge in [-0.3, -0.25) is 10.1 Å². The van der Waals surface area contributed by atoms with Crippen LogP contribution in [0.25, 0.3) is 6.08 Å². The molecule has 6 nitrogen and oxygen atoms in total. The fourth-order valence-corrected chi connectivity index (χ4v) is 2.19. The molecule has 0 saturated heterocycles. The standard InChI is InChI=1S/C15H13BrF2N4O2/c1-21(2)6-5-13-14(22(23)24)8-10(16)15(20-13)19-12-4-3-9(17)7-11(12)18/h3-8H,1-2H3,(H,19,20). The minimum Gasteiger partial charge on any atom is -0.383 e. The van der Waals surface area contributed by atoms with Gasteiger partial charge in [-0.2, -0.15) is 0 Å². The fourth-order valence-electron chi connectivity index (χ4n) is 1.79. The lowest BCUT2D eigenvalue weighted by atomic mass is 10.2. The molecule has 126 valence electrons. The molecule has 1 aromatic heterocycles. The van der Waals surface area contributed by atoms with Crippen LogP contribution in [0.1, 0.15) is 5.69 Å². The third-order valence-corrected chi connectivity index (χ3v) is 3.50. The Balaban J connectivity index is 2.46. The van der Waals surface area contributed by atoms with Gasteiger partial charge in [0.1, 0.15) is 23.1 Å². The number of halogens is 3. The predicted molar refractivity (Wildman–Crippen MR) is 91.0 cm³/mol. The Morgan fingerprint density at radius 3 is 2.62 bits per heavy atom. The molecule has 9 heteroatoms. The molecule has 0 fully saturated rings. The molecule has 0 aliphatic heterocycles. The van der Waals surface area contributed by atoms with Crippen molar-refractivity contribution < 1.29 is 13.7 Å². The molecule has 0 amide bonds. The van der Waals surface area contributed by atoms with Crippen molar-refractivity contribution in [1.29, 1.82) is 0 Å². The molecular weight excluding hydrogens is 386 g/mol. The van der Waals surface area contributed by atoms with E-state index in [-0.39, 0.29) is 27.4 Å². The summed E-state index contributed by atoms with van der Waals surface area (Å²) in [4.78, 5) is 16.4. The van der Waals surface area contributed by atoms with Gasteiger partial charge in [0.15, 0.2) is 0 Å². The number of aromatic nitrogens is 1. The molecule has 0 spiro atoms. The van der Waals surface area contributed by atoms with Crippen LogP contribution in [0.15, 0.2) is 34.9 Å². The summed E-state index contributed by atoms with van der Waals surface area (Å²) >= 11 is 3.17. The minimum atomic E-state index is -0.799. The van der Waals surface area contributed by atoms with Gasteiger partial charge >= 0.3 is 0 Å². The molecule has 0 saturated carbocycles. The van der Waals surface area contributed by atoms with Gasteiger partial charge < -0.3 is 10.2 Å². The second kappa shape index (κ2) is 7.35. The highest BCUT2D eigenvalue weighted by Crippen LogP contribution is 2.31. The molecule has 1 aromatic carbocycles. The zero-order chi connectivity index (χ0) is 17.9. The van der Waals surface area contributed by atoms with E-state index < -0.39 is 16.6 Å².